The monoisotopic (exact) mass is 410 g/mol. The van der Waals surface area contributed by atoms with Gasteiger partial charge >= 0.3 is 0 Å². The molecule has 1 aliphatic rings. The molecular formula is C18H26N4O3S2. The van der Waals surface area contributed by atoms with Crippen molar-refractivity contribution in [3.05, 3.63) is 18.2 Å². The van der Waals surface area contributed by atoms with Gasteiger partial charge in [0, 0.05) is 25.7 Å². The van der Waals surface area contributed by atoms with Gasteiger partial charge in [0.1, 0.15) is 0 Å². The van der Waals surface area contributed by atoms with Gasteiger partial charge in [-0.2, -0.15) is 4.31 Å². The van der Waals surface area contributed by atoms with Crippen molar-refractivity contribution in [2.75, 3.05) is 18.8 Å². The van der Waals surface area contributed by atoms with Gasteiger partial charge in [0.15, 0.2) is 5.16 Å². The summed E-state index contributed by atoms with van der Waals surface area (Å²) >= 11 is 1.38. The average Bonchev–Trinajstić information content (AvgIpc) is 3.38. The van der Waals surface area contributed by atoms with E-state index >= 15 is 0 Å². The molecule has 1 aromatic carbocycles. The van der Waals surface area contributed by atoms with Crippen LogP contribution in [0.3, 0.4) is 0 Å². The van der Waals surface area contributed by atoms with E-state index in [1.807, 2.05) is 25.3 Å². The summed E-state index contributed by atoms with van der Waals surface area (Å²) in [6, 6.07) is 5.41. The first-order chi connectivity index (χ1) is 12.9. The SMILES string of the molecule is CCN(CC)S(=O)(=O)c1ccc2c(c1)nc(SCC(=O)NC1CC1)n2CC. The predicted octanol–water partition coefficient (Wildman–Crippen LogP) is 2.46. The topological polar surface area (TPSA) is 84.3 Å². The fourth-order valence-corrected chi connectivity index (χ4v) is 5.37. The molecule has 1 aromatic heterocycles. The third kappa shape index (κ3) is 4.30. The zero-order valence-corrected chi connectivity index (χ0v) is 17.6. The molecule has 0 saturated heterocycles. The van der Waals surface area contributed by atoms with Crippen LogP contribution in [0.1, 0.15) is 33.6 Å². The fraction of sp³-hybridized carbons (Fsp3) is 0.556. The highest BCUT2D eigenvalue weighted by Gasteiger charge is 2.24. The lowest BCUT2D eigenvalue weighted by atomic mass is 10.3. The van der Waals surface area contributed by atoms with E-state index in [1.165, 1.54) is 16.1 Å². The Morgan fingerprint density at radius 3 is 2.59 bits per heavy atom. The first-order valence-electron chi connectivity index (χ1n) is 9.33. The van der Waals surface area contributed by atoms with E-state index < -0.39 is 10.0 Å². The number of hydrogen-bond donors (Lipinski definition) is 1. The molecule has 1 fully saturated rings. The Balaban J connectivity index is 1.87. The van der Waals surface area contributed by atoms with Crippen LogP contribution in [0.2, 0.25) is 0 Å². The molecule has 0 aliphatic heterocycles. The van der Waals surface area contributed by atoms with Crippen molar-refractivity contribution < 1.29 is 13.2 Å². The third-order valence-corrected chi connectivity index (χ3v) is 7.64. The Labute approximate surface area is 164 Å². The van der Waals surface area contributed by atoms with Gasteiger partial charge in [-0.3, -0.25) is 4.79 Å². The van der Waals surface area contributed by atoms with E-state index in [1.54, 1.807) is 18.2 Å². The second kappa shape index (κ2) is 8.20. The Morgan fingerprint density at radius 2 is 2.00 bits per heavy atom. The van der Waals surface area contributed by atoms with Crippen molar-refractivity contribution in [2.45, 2.75) is 56.3 Å². The molecule has 9 heteroatoms. The number of aromatic nitrogens is 2. The van der Waals surface area contributed by atoms with Gasteiger partial charge in [-0.05, 0) is 38.0 Å². The number of carbonyl (C=O) groups is 1. The van der Waals surface area contributed by atoms with E-state index in [9.17, 15) is 13.2 Å². The summed E-state index contributed by atoms with van der Waals surface area (Å²) < 4.78 is 29.0. The van der Waals surface area contributed by atoms with Gasteiger partial charge in [0.05, 0.1) is 21.7 Å². The van der Waals surface area contributed by atoms with Crippen LogP contribution in [0.4, 0.5) is 0 Å². The van der Waals surface area contributed by atoms with Crippen molar-refractivity contribution >= 4 is 38.7 Å². The minimum atomic E-state index is -3.52. The number of imidazole rings is 1. The van der Waals surface area contributed by atoms with Gasteiger partial charge < -0.3 is 9.88 Å². The number of nitrogens with zero attached hydrogens (tertiary/aromatic N) is 3. The van der Waals surface area contributed by atoms with Crippen molar-refractivity contribution in [3.8, 4) is 0 Å². The van der Waals surface area contributed by atoms with Gasteiger partial charge in [-0.15, -0.1) is 0 Å². The van der Waals surface area contributed by atoms with E-state index in [0.29, 0.717) is 36.9 Å². The summed E-state index contributed by atoms with van der Waals surface area (Å²) in [5, 5.41) is 3.70. The Hall–Kier alpha value is -1.58. The molecule has 0 atom stereocenters. The lowest BCUT2D eigenvalue weighted by Crippen LogP contribution is -2.30. The minimum Gasteiger partial charge on any atom is -0.353 e. The molecule has 1 N–H and O–H groups in total. The molecule has 1 saturated carbocycles. The number of rotatable bonds is 9. The molecule has 7 nitrogen and oxygen atoms in total. The van der Waals surface area contributed by atoms with Gasteiger partial charge in [0.25, 0.3) is 0 Å². The summed E-state index contributed by atoms with van der Waals surface area (Å²) in [6.07, 6.45) is 2.13. The lowest BCUT2D eigenvalue weighted by molar-refractivity contribution is -0.118. The molecule has 1 amide bonds. The molecular weight excluding hydrogens is 384 g/mol. The van der Waals surface area contributed by atoms with Gasteiger partial charge in [0.2, 0.25) is 15.9 Å². The largest absolute Gasteiger partial charge is 0.353 e. The standard InChI is InChI=1S/C18H26N4O3S2/c1-4-21(5-2)27(24,25)14-9-10-16-15(11-14)20-18(22(16)6-3)26-12-17(23)19-13-7-8-13/h9-11,13H,4-8,12H2,1-3H3,(H,19,23). The van der Waals surface area contributed by atoms with Crippen molar-refractivity contribution in [1.29, 1.82) is 0 Å². The highest BCUT2D eigenvalue weighted by Crippen LogP contribution is 2.27. The molecule has 1 aliphatic carbocycles. The van der Waals surface area contributed by atoms with E-state index in [4.69, 9.17) is 0 Å². The van der Waals surface area contributed by atoms with Crippen LogP contribution in [0.15, 0.2) is 28.3 Å². The summed E-state index contributed by atoms with van der Waals surface area (Å²) in [7, 11) is -3.52. The smallest absolute Gasteiger partial charge is 0.243 e. The molecule has 27 heavy (non-hydrogen) atoms. The molecule has 0 unspecified atom stereocenters. The molecule has 0 bridgehead atoms. The quantitative estimate of drug-likeness (QED) is 0.642. The van der Waals surface area contributed by atoms with Crippen molar-refractivity contribution in [3.63, 3.8) is 0 Å². The number of amides is 1. The Bertz CT molecular complexity index is 931. The van der Waals surface area contributed by atoms with Crippen LogP contribution < -0.4 is 5.32 Å². The normalized spacial score (nSPS) is 14.8. The average molecular weight is 411 g/mol. The number of nitrogens with one attached hydrogen (secondary N) is 1. The highest BCUT2D eigenvalue weighted by molar-refractivity contribution is 7.99. The number of aryl methyl sites for hydroxylation is 1. The number of sulfonamides is 1. The molecule has 0 spiro atoms. The van der Waals surface area contributed by atoms with Crippen LogP contribution in [-0.2, 0) is 21.4 Å². The number of hydrogen-bond acceptors (Lipinski definition) is 5. The molecule has 1 heterocycles. The van der Waals surface area contributed by atoms with Crippen LogP contribution in [-0.4, -0.2) is 53.1 Å². The van der Waals surface area contributed by atoms with Gasteiger partial charge in [-0.1, -0.05) is 25.6 Å². The second-order valence-corrected chi connectivity index (χ2v) is 9.39. The lowest BCUT2D eigenvalue weighted by Gasteiger charge is -2.18. The summed E-state index contributed by atoms with van der Waals surface area (Å²) in [5.74, 6) is 0.326. The predicted molar refractivity (Wildman–Crippen MR) is 107 cm³/mol. The Kier molecular flexibility index (Phi) is 6.12. The molecule has 0 radical (unpaired) electrons. The summed E-state index contributed by atoms with van der Waals surface area (Å²) in [4.78, 5) is 16.8. The van der Waals surface area contributed by atoms with Crippen LogP contribution in [0, 0.1) is 0 Å². The van der Waals surface area contributed by atoms with Crippen LogP contribution in [0.25, 0.3) is 11.0 Å². The molecule has 148 valence electrons. The maximum atomic E-state index is 12.8. The number of carbonyl (C=O) groups excluding carboxylic acids is 1. The fourth-order valence-electron chi connectivity index (χ4n) is 3.00. The summed E-state index contributed by atoms with van der Waals surface area (Å²) in [5.41, 5.74) is 1.51. The minimum absolute atomic E-state index is 0.0157. The zero-order valence-electron chi connectivity index (χ0n) is 15.9. The highest BCUT2D eigenvalue weighted by atomic mass is 32.2. The van der Waals surface area contributed by atoms with E-state index in [-0.39, 0.29) is 10.8 Å². The van der Waals surface area contributed by atoms with E-state index in [0.717, 1.165) is 23.5 Å². The number of benzene rings is 1. The second-order valence-electron chi connectivity index (χ2n) is 6.51. The van der Waals surface area contributed by atoms with Crippen molar-refractivity contribution in [1.82, 2.24) is 19.2 Å². The third-order valence-electron chi connectivity index (χ3n) is 4.62. The summed E-state index contributed by atoms with van der Waals surface area (Å²) in [6.45, 7) is 7.22. The number of thioether (sulfide) groups is 1. The first kappa shape index (κ1) is 20.2. The number of fused-ring (bicyclic) bond motifs is 1. The Morgan fingerprint density at radius 1 is 1.30 bits per heavy atom. The first-order valence-corrected chi connectivity index (χ1v) is 11.8. The van der Waals surface area contributed by atoms with Crippen LogP contribution in [0.5, 0.6) is 0 Å². The van der Waals surface area contributed by atoms with E-state index in [2.05, 4.69) is 10.3 Å². The van der Waals surface area contributed by atoms with Crippen LogP contribution >= 0.6 is 11.8 Å². The molecule has 3 rings (SSSR count). The molecule has 2 aromatic rings. The zero-order chi connectivity index (χ0) is 19.6. The maximum Gasteiger partial charge on any atom is 0.243 e. The van der Waals surface area contributed by atoms with Crippen molar-refractivity contribution in [2.24, 2.45) is 0 Å². The van der Waals surface area contributed by atoms with Gasteiger partial charge in [-0.25, -0.2) is 13.4 Å². The maximum absolute atomic E-state index is 12.8.